The van der Waals surface area contributed by atoms with E-state index in [0.717, 1.165) is 10.7 Å². The Bertz CT molecular complexity index is 691. The summed E-state index contributed by atoms with van der Waals surface area (Å²) >= 11 is 1.28. The molecule has 2 aromatic rings. The van der Waals surface area contributed by atoms with Crippen molar-refractivity contribution >= 4 is 22.4 Å². The Kier molecular flexibility index (Phi) is 4.14. The smallest absolute Gasteiger partial charge is 0.263 e. The Balaban J connectivity index is 1.99. The van der Waals surface area contributed by atoms with Crippen LogP contribution in [0.4, 0.5) is 5.13 Å². The van der Waals surface area contributed by atoms with Crippen molar-refractivity contribution in [3.8, 4) is 0 Å². The molecule has 0 bridgehead atoms. The van der Waals surface area contributed by atoms with Gasteiger partial charge in [0.05, 0.1) is 0 Å². The maximum atomic E-state index is 11.9. The number of rotatable bonds is 4. The molecule has 0 aromatic carbocycles. The van der Waals surface area contributed by atoms with Crippen LogP contribution in [0.25, 0.3) is 0 Å². The zero-order valence-corrected chi connectivity index (χ0v) is 12.0. The van der Waals surface area contributed by atoms with Gasteiger partial charge in [0.1, 0.15) is 10.6 Å². The van der Waals surface area contributed by atoms with E-state index >= 15 is 0 Å². The summed E-state index contributed by atoms with van der Waals surface area (Å²) in [5, 5.41) is 11.4. The highest BCUT2D eigenvalue weighted by atomic mass is 32.1. The van der Waals surface area contributed by atoms with Crippen LogP contribution in [0.2, 0.25) is 0 Å². The van der Waals surface area contributed by atoms with Gasteiger partial charge in [-0.05, 0) is 19.1 Å². The molecule has 0 spiro atoms. The van der Waals surface area contributed by atoms with Crippen LogP contribution in [-0.2, 0) is 13.5 Å². The van der Waals surface area contributed by atoms with E-state index in [2.05, 4.69) is 15.5 Å². The summed E-state index contributed by atoms with van der Waals surface area (Å²) in [6.45, 7) is 2.19. The molecule has 0 radical (unpaired) electrons. The van der Waals surface area contributed by atoms with Gasteiger partial charge in [-0.3, -0.25) is 9.59 Å². The molecule has 2 aromatic heterocycles. The molecule has 0 aliphatic rings. The van der Waals surface area contributed by atoms with Crippen LogP contribution < -0.4 is 16.6 Å². The van der Waals surface area contributed by atoms with Gasteiger partial charge in [0.25, 0.3) is 11.5 Å². The fraction of sp³-hybridized carbons (Fsp3) is 0.333. The van der Waals surface area contributed by atoms with Gasteiger partial charge in [-0.25, -0.2) is 0 Å². The lowest BCUT2D eigenvalue weighted by Gasteiger charge is -2.07. The third-order valence-electron chi connectivity index (χ3n) is 2.91. The van der Waals surface area contributed by atoms with Gasteiger partial charge in [-0.1, -0.05) is 11.3 Å². The molecule has 0 aliphatic heterocycles. The van der Waals surface area contributed by atoms with Crippen molar-refractivity contribution in [1.82, 2.24) is 20.1 Å². The number of nitrogen functional groups attached to an aromatic ring is 1. The normalized spacial score (nSPS) is 10.5. The third kappa shape index (κ3) is 3.02. The number of pyridine rings is 1. The fourth-order valence-corrected chi connectivity index (χ4v) is 2.26. The number of aryl methyl sites for hydroxylation is 1. The van der Waals surface area contributed by atoms with Crippen LogP contribution in [0.3, 0.4) is 0 Å². The van der Waals surface area contributed by atoms with Crippen LogP contribution >= 0.6 is 11.3 Å². The lowest BCUT2D eigenvalue weighted by molar-refractivity contribution is 0.0952. The first kappa shape index (κ1) is 14.2. The average Bonchev–Trinajstić information content (AvgIpc) is 2.82. The van der Waals surface area contributed by atoms with E-state index in [9.17, 15) is 9.59 Å². The minimum absolute atomic E-state index is 0.134. The van der Waals surface area contributed by atoms with Crippen LogP contribution in [-0.4, -0.2) is 27.2 Å². The Labute approximate surface area is 119 Å². The average molecular weight is 293 g/mol. The standard InChI is InChI=1S/C12H15N5O2S/c1-7-3-4-8(11(19)17(7)2)10(18)14-6-5-9-15-16-12(13)20-9/h3-4H,5-6H2,1-2H3,(H2,13,16)(H,14,18). The number of amides is 1. The molecule has 1 amide bonds. The summed E-state index contributed by atoms with van der Waals surface area (Å²) in [4.78, 5) is 23.9. The van der Waals surface area contributed by atoms with Crippen molar-refractivity contribution < 1.29 is 4.79 Å². The van der Waals surface area contributed by atoms with Gasteiger partial charge in [0, 0.05) is 25.7 Å². The summed E-state index contributed by atoms with van der Waals surface area (Å²) in [5.41, 5.74) is 6.10. The van der Waals surface area contributed by atoms with Crippen LogP contribution in [0.1, 0.15) is 21.1 Å². The van der Waals surface area contributed by atoms with Crippen LogP contribution in [0.5, 0.6) is 0 Å². The molecule has 3 N–H and O–H groups in total. The molecule has 0 saturated carbocycles. The van der Waals surface area contributed by atoms with Crippen LogP contribution in [0, 0.1) is 6.92 Å². The summed E-state index contributed by atoms with van der Waals surface area (Å²) in [5.74, 6) is -0.386. The van der Waals surface area contributed by atoms with E-state index in [1.54, 1.807) is 13.1 Å². The summed E-state index contributed by atoms with van der Waals surface area (Å²) < 4.78 is 1.44. The molecule has 0 aliphatic carbocycles. The van der Waals surface area contributed by atoms with Crippen LogP contribution in [0.15, 0.2) is 16.9 Å². The van der Waals surface area contributed by atoms with Gasteiger partial charge >= 0.3 is 0 Å². The van der Waals surface area contributed by atoms with Crippen molar-refractivity contribution in [2.24, 2.45) is 7.05 Å². The molecule has 2 rings (SSSR count). The van der Waals surface area contributed by atoms with Gasteiger partial charge in [0.2, 0.25) is 5.13 Å². The summed E-state index contributed by atoms with van der Waals surface area (Å²) in [6, 6.07) is 3.28. The summed E-state index contributed by atoms with van der Waals surface area (Å²) in [7, 11) is 1.64. The highest BCUT2D eigenvalue weighted by Gasteiger charge is 2.12. The number of hydrogen-bond donors (Lipinski definition) is 2. The highest BCUT2D eigenvalue weighted by molar-refractivity contribution is 7.15. The second kappa shape index (κ2) is 5.83. The van der Waals surface area contributed by atoms with E-state index in [-0.39, 0.29) is 17.0 Å². The number of anilines is 1. The number of nitrogens with one attached hydrogen (secondary N) is 1. The molecular formula is C12H15N5O2S. The second-order valence-electron chi connectivity index (χ2n) is 4.29. The molecule has 20 heavy (non-hydrogen) atoms. The van der Waals surface area contributed by atoms with Crippen molar-refractivity contribution in [3.63, 3.8) is 0 Å². The Morgan fingerprint density at radius 2 is 2.20 bits per heavy atom. The van der Waals surface area contributed by atoms with E-state index in [0.29, 0.717) is 18.1 Å². The van der Waals surface area contributed by atoms with Gasteiger partial charge in [0.15, 0.2) is 0 Å². The second-order valence-corrected chi connectivity index (χ2v) is 5.39. The predicted octanol–water partition coefficient (Wildman–Crippen LogP) is 0.0999. The predicted molar refractivity (Wildman–Crippen MR) is 76.8 cm³/mol. The molecule has 0 unspecified atom stereocenters. The fourth-order valence-electron chi connectivity index (χ4n) is 1.65. The lowest BCUT2D eigenvalue weighted by Crippen LogP contribution is -2.33. The molecule has 2 heterocycles. The third-order valence-corrected chi connectivity index (χ3v) is 3.72. The monoisotopic (exact) mass is 293 g/mol. The van der Waals surface area contributed by atoms with Crippen molar-refractivity contribution in [3.05, 3.63) is 38.8 Å². The first-order valence-electron chi connectivity index (χ1n) is 6.01. The number of hydrogen-bond acceptors (Lipinski definition) is 6. The van der Waals surface area contributed by atoms with Gasteiger partial charge in [-0.15, -0.1) is 10.2 Å². The minimum Gasteiger partial charge on any atom is -0.374 e. The SMILES string of the molecule is Cc1ccc(C(=O)NCCc2nnc(N)s2)c(=O)n1C. The highest BCUT2D eigenvalue weighted by Crippen LogP contribution is 2.10. The molecule has 7 nitrogen and oxygen atoms in total. The molecule has 0 saturated heterocycles. The first-order chi connectivity index (χ1) is 9.49. The molecule has 106 valence electrons. The van der Waals surface area contributed by atoms with Crippen molar-refractivity contribution in [1.29, 1.82) is 0 Å². The van der Waals surface area contributed by atoms with E-state index in [4.69, 9.17) is 5.73 Å². The molecule has 8 heteroatoms. The molecular weight excluding hydrogens is 278 g/mol. The molecule has 0 fully saturated rings. The lowest BCUT2D eigenvalue weighted by atomic mass is 10.2. The van der Waals surface area contributed by atoms with E-state index in [1.165, 1.54) is 22.0 Å². The zero-order chi connectivity index (χ0) is 14.7. The quantitative estimate of drug-likeness (QED) is 0.832. The Hall–Kier alpha value is -2.22. The number of nitrogens with zero attached hydrogens (tertiary/aromatic N) is 3. The van der Waals surface area contributed by atoms with E-state index < -0.39 is 0 Å². The zero-order valence-electron chi connectivity index (χ0n) is 11.2. The number of aromatic nitrogens is 3. The van der Waals surface area contributed by atoms with Crippen molar-refractivity contribution in [2.45, 2.75) is 13.3 Å². The number of nitrogens with two attached hydrogens (primary N) is 1. The van der Waals surface area contributed by atoms with Crippen molar-refractivity contribution in [2.75, 3.05) is 12.3 Å². The molecule has 0 atom stereocenters. The first-order valence-corrected chi connectivity index (χ1v) is 6.83. The topological polar surface area (TPSA) is 103 Å². The van der Waals surface area contributed by atoms with Gasteiger partial charge in [-0.2, -0.15) is 0 Å². The Morgan fingerprint density at radius 3 is 2.85 bits per heavy atom. The number of carbonyl (C=O) groups excluding carboxylic acids is 1. The maximum Gasteiger partial charge on any atom is 0.263 e. The minimum atomic E-state index is -0.386. The number of carbonyl (C=O) groups is 1. The van der Waals surface area contributed by atoms with Gasteiger partial charge < -0.3 is 15.6 Å². The largest absolute Gasteiger partial charge is 0.374 e. The Morgan fingerprint density at radius 1 is 1.45 bits per heavy atom. The summed E-state index contributed by atoms with van der Waals surface area (Å²) in [6.07, 6.45) is 0.535. The van der Waals surface area contributed by atoms with E-state index in [1.807, 2.05) is 6.92 Å². The maximum absolute atomic E-state index is 11.9.